The van der Waals surface area contributed by atoms with Gasteiger partial charge in [0.2, 0.25) is 5.91 Å². The zero-order valence-corrected chi connectivity index (χ0v) is 52.9. The highest BCUT2D eigenvalue weighted by Crippen LogP contribution is 2.19. The van der Waals surface area contributed by atoms with Crippen molar-refractivity contribution < 1.29 is 24.5 Å². The lowest BCUT2D eigenvalue weighted by Gasteiger charge is -2.22. The van der Waals surface area contributed by atoms with Crippen molar-refractivity contribution in [2.75, 3.05) is 13.2 Å². The summed E-state index contributed by atoms with van der Waals surface area (Å²) in [5.74, 6) is -0.0363. The number of aliphatic hydroxyl groups excluding tert-OH is 2. The molecule has 0 heterocycles. The molecule has 0 radical (unpaired) electrons. The lowest BCUT2D eigenvalue weighted by atomic mass is 10.0. The minimum Gasteiger partial charge on any atom is -0.466 e. The Labute approximate surface area is 488 Å². The number of allylic oxidation sites excluding steroid dienone is 4. The average molecular weight is 1100 g/mol. The van der Waals surface area contributed by atoms with Crippen molar-refractivity contribution >= 4 is 11.9 Å². The van der Waals surface area contributed by atoms with Crippen LogP contribution in [-0.2, 0) is 14.3 Å². The Morgan fingerprint density at radius 1 is 0.346 bits per heavy atom. The number of esters is 1. The second-order valence-electron chi connectivity index (χ2n) is 24.6. The maximum Gasteiger partial charge on any atom is 0.305 e. The summed E-state index contributed by atoms with van der Waals surface area (Å²) >= 11 is 0. The second-order valence-corrected chi connectivity index (χ2v) is 24.6. The number of aliphatic hydroxyl groups is 2. The molecule has 6 heteroatoms. The topological polar surface area (TPSA) is 95.9 Å². The number of ether oxygens (including phenoxy) is 1. The summed E-state index contributed by atoms with van der Waals surface area (Å²) in [6, 6.07) is -0.549. The molecule has 0 aromatic heterocycles. The number of carbonyl (C=O) groups excluding carboxylic acids is 2. The van der Waals surface area contributed by atoms with E-state index in [1.807, 2.05) is 0 Å². The lowest BCUT2D eigenvalue weighted by molar-refractivity contribution is -0.143. The molecule has 2 unspecified atom stereocenters. The maximum absolute atomic E-state index is 12.6. The SMILES string of the molecule is CCCCCCCCC/C=C\CCCCCCCC(=O)OCCCCCCCCCCCC/C=C\CCCCCCCCCC(=O)NC(CO)C(O)CCCCCCCCCCCCCCCCCCCCCCCCCC. The quantitative estimate of drug-likeness (QED) is 0.0320. The van der Waals surface area contributed by atoms with Crippen molar-refractivity contribution in [1.29, 1.82) is 0 Å². The fraction of sp³-hybridized carbons (Fsp3) is 0.917. The van der Waals surface area contributed by atoms with E-state index in [1.54, 1.807) is 0 Å². The van der Waals surface area contributed by atoms with Crippen LogP contribution in [-0.4, -0.2) is 47.4 Å². The van der Waals surface area contributed by atoms with E-state index in [-0.39, 0.29) is 18.5 Å². The van der Waals surface area contributed by atoms with Gasteiger partial charge in [-0.25, -0.2) is 0 Å². The number of unbranched alkanes of at least 4 members (excludes halogenated alkanes) is 52. The normalized spacial score (nSPS) is 12.6. The molecule has 0 fully saturated rings. The van der Waals surface area contributed by atoms with Gasteiger partial charge in [-0.2, -0.15) is 0 Å². The Bertz CT molecular complexity index is 1220. The van der Waals surface area contributed by atoms with Crippen LogP contribution in [0.15, 0.2) is 24.3 Å². The van der Waals surface area contributed by atoms with E-state index in [4.69, 9.17) is 4.74 Å². The third kappa shape index (κ3) is 63.5. The van der Waals surface area contributed by atoms with Gasteiger partial charge >= 0.3 is 5.97 Å². The van der Waals surface area contributed by atoms with Gasteiger partial charge in [-0.1, -0.05) is 334 Å². The fourth-order valence-electron chi connectivity index (χ4n) is 11.3. The monoisotopic (exact) mass is 1100 g/mol. The summed E-state index contributed by atoms with van der Waals surface area (Å²) in [6.07, 6.45) is 85.0. The standard InChI is InChI=1S/C72H139NO5/c1-3-5-7-9-11-13-15-17-19-21-22-23-24-25-27-30-33-36-40-44-48-52-56-60-64-70(75)69(68-74)73-71(76)65-61-57-53-49-45-41-37-34-31-28-26-29-32-35-39-43-47-51-55-59-63-67-78-72(77)66-62-58-54-50-46-42-38-20-18-16-14-12-10-8-6-4-2/h20,28,31,38,69-70,74-75H,3-19,21-27,29-30,32-37,39-68H2,1-2H3,(H,73,76)/b31-28-,38-20-. The molecule has 3 N–H and O–H groups in total. The molecular weight excluding hydrogens is 959 g/mol. The van der Waals surface area contributed by atoms with Gasteiger partial charge in [0.25, 0.3) is 0 Å². The molecule has 1 amide bonds. The molecule has 0 aliphatic heterocycles. The Morgan fingerprint density at radius 3 is 0.910 bits per heavy atom. The molecule has 0 aliphatic rings. The number of carbonyl (C=O) groups is 2. The molecule has 462 valence electrons. The number of amides is 1. The summed E-state index contributed by atoms with van der Waals surface area (Å²) in [6.45, 7) is 4.98. The van der Waals surface area contributed by atoms with E-state index >= 15 is 0 Å². The van der Waals surface area contributed by atoms with Crippen LogP contribution in [0.3, 0.4) is 0 Å². The maximum atomic E-state index is 12.6. The molecule has 0 aromatic carbocycles. The second kappa shape index (κ2) is 67.8. The van der Waals surface area contributed by atoms with E-state index in [0.29, 0.717) is 25.9 Å². The summed E-state index contributed by atoms with van der Waals surface area (Å²) in [7, 11) is 0. The van der Waals surface area contributed by atoms with Crippen LogP contribution in [0.2, 0.25) is 0 Å². The Balaban J connectivity index is 3.42. The van der Waals surface area contributed by atoms with Crippen molar-refractivity contribution in [3.8, 4) is 0 Å². The van der Waals surface area contributed by atoms with Crippen molar-refractivity contribution in [1.82, 2.24) is 5.32 Å². The predicted octanol–water partition coefficient (Wildman–Crippen LogP) is 22.9. The van der Waals surface area contributed by atoms with Crippen LogP contribution in [0.25, 0.3) is 0 Å². The molecule has 0 bridgehead atoms. The van der Waals surface area contributed by atoms with Gasteiger partial charge in [0.15, 0.2) is 0 Å². The molecule has 0 saturated heterocycles. The zero-order chi connectivity index (χ0) is 56.4. The summed E-state index contributed by atoms with van der Waals surface area (Å²) in [4.78, 5) is 24.6. The highest BCUT2D eigenvalue weighted by atomic mass is 16.5. The van der Waals surface area contributed by atoms with Crippen molar-refractivity contribution in [2.45, 2.75) is 411 Å². The van der Waals surface area contributed by atoms with Gasteiger partial charge in [0, 0.05) is 12.8 Å². The smallest absolute Gasteiger partial charge is 0.305 e. The third-order valence-electron chi connectivity index (χ3n) is 16.7. The number of hydrogen-bond donors (Lipinski definition) is 3. The van der Waals surface area contributed by atoms with Gasteiger partial charge < -0.3 is 20.3 Å². The number of hydrogen-bond acceptors (Lipinski definition) is 5. The molecule has 0 rings (SSSR count). The highest BCUT2D eigenvalue weighted by molar-refractivity contribution is 5.76. The summed E-state index contributed by atoms with van der Waals surface area (Å²) in [5.41, 5.74) is 0. The van der Waals surface area contributed by atoms with Crippen LogP contribution in [0.4, 0.5) is 0 Å². The van der Waals surface area contributed by atoms with E-state index in [1.165, 1.54) is 321 Å². The van der Waals surface area contributed by atoms with Gasteiger partial charge in [0.1, 0.15) is 0 Å². The first-order valence-electron chi connectivity index (χ1n) is 35.6. The molecule has 0 aliphatic carbocycles. The molecule has 6 nitrogen and oxygen atoms in total. The molecule has 0 saturated carbocycles. The van der Waals surface area contributed by atoms with Crippen LogP contribution >= 0.6 is 0 Å². The lowest BCUT2D eigenvalue weighted by Crippen LogP contribution is -2.45. The van der Waals surface area contributed by atoms with Gasteiger partial charge in [-0.3, -0.25) is 9.59 Å². The summed E-state index contributed by atoms with van der Waals surface area (Å²) in [5, 5.41) is 23.4. The van der Waals surface area contributed by atoms with E-state index in [9.17, 15) is 19.8 Å². The Kier molecular flexibility index (Phi) is 66.4. The van der Waals surface area contributed by atoms with Gasteiger partial charge in [0.05, 0.1) is 25.4 Å². The highest BCUT2D eigenvalue weighted by Gasteiger charge is 2.20. The first kappa shape index (κ1) is 76.3. The number of rotatable bonds is 67. The average Bonchev–Trinajstić information content (AvgIpc) is 3.44. The first-order chi connectivity index (χ1) is 38.5. The zero-order valence-electron chi connectivity index (χ0n) is 52.9. The molecule has 78 heavy (non-hydrogen) atoms. The van der Waals surface area contributed by atoms with Gasteiger partial charge in [-0.15, -0.1) is 0 Å². The molecule has 0 spiro atoms. The Morgan fingerprint density at radius 2 is 0.603 bits per heavy atom. The van der Waals surface area contributed by atoms with Crippen molar-refractivity contribution in [2.24, 2.45) is 0 Å². The number of nitrogens with one attached hydrogen (secondary N) is 1. The van der Waals surface area contributed by atoms with Gasteiger partial charge in [-0.05, 0) is 77.0 Å². The van der Waals surface area contributed by atoms with E-state index in [2.05, 4.69) is 43.5 Å². The van der Waals surface area contributed by atoms with E-state index < -0.39 is 12.1 Å². The van der Waals surface area contributed by atoms with Crippen LogP contribution in [0.5, 0.6) is 0 Å². The van der Waals surface area contributed by atoms with Crippen LogP contribution < -0.4 is 5.32 Å². The largest absolute Gasteiger partial charge is 0.466 e. The Hall–Kier alpha value is -1.66. The van der Waals surface area contributed by atoms with Crippen LogP contribution in [0.1, 0.15) is 399 Å². The molecule has 2 atom stereocenters. The first-order valence-corrected chi connectivity index (χ1v) is 35.6. The fourth-order valence-corrected chi connectivity index (χ4v) is 11.3. The van der Waals surface area contributed by atoms with Crippen molar-refractivity contribution in [3.05, 3.63) is 24.3 Å². The minimum absolute atomic E-state index is 0.00191. The summed E-state index contributed by atoms with van der Waals surface area (Å²) < 4.78 is 5.49. The third-order valence-corrected chi connectivity index (χ3v) is 16.7. The minimum atomic E-state index is -0.671. The van der Waals surface area contributed by atoms with Crippen molar-refractivity contribution in [3.63, 3.8) is 0 Å². The molecular formula is C72H139NO5. The van der Waals surface area contributed by atoms with E-state index in [0.717, 1.165) is 44.9 Å². The molecule has 0 aromatic rings. The predicted molar refractivity (Wildman–Crippen MR) is 343 cm³/mol. The van der Waals surface area contributed by atoms with Crippen LogP contribution in [0, 0.1) is 0 Å².